The minimum absolute atomic E-state index is 0.893. The van der Waals surface area contributed by atoms with Crippen LogP contribution in [-0.2, 0) is 5.75 Å². The third-order valence-electron chi connectivity index (χ3n) is 2.88. The summed E-state index contributed by atoms with van der Waals surface area (Å²) in [4.78, 5) is 5.97. The number of hydrogen-bond donors (Lipinski definition) is 0. The van der Waals surface area contributed by atoms with Crippen molar-refractivity contribution in [1.29, 1.82) is 0 Å². The highest BCUT2D eigenvalue weighted by molar-refractivity contribution is 9.10. The van der Waals surface area contributed by atoms with E-state index in [4.69, 9.17) is 4.98 Å². The molecule has 0 fully saturated rings. The van der Waals surface area contributed by atoms with Crippen LogP contribution < -0.4 is 0 Å². The van der Waals surface area contributed by atoms with Gasteiger partial charge in [0.1, 0.15) is 5.01 Å². The molecule has 1 aromatic heterocycles. The van der Waals surface area contributed by atoms with Gasteiger partial charge < -0.3 is 0 Å². The molecule has 0 saturated carbocycles. The van der Waals surface area contributed by atoms with Crippen molar-refractivity contribution in [2.24, 2.45) is 0 Å². The van der Waals surface area contributed by atoms with Crippen LogP contribution in [0.4, 0.5) is 0 Å². The number of nitrogens with zero attached hydrogens (tertiary/aromatic N) is 1. The molecule has 0 aliphatic carbocycles. The highest BCUT2D eigenvalue weighted by Crippen LogP contribution is 2.32. The summed E-state index contributed by atoms with van der Waals surface area (Å²) in [5.41, 5.74) is 2.21. The minimum atomic E-state index is 0.893. The van der Waals surface area contributed by atoms with Crippen LogP contribution in [0.15, 0.2) is 67.8 Å². The Kier molecular flexibility index (Phi) is 5.16. The van der Waals surface area contributed by atoms with Crippen molar-refractivity contribution in [2.45, 2.75) is 10.6 Å². The maximum atomic E-state index is 4.72. The van der Waals surface area contributed by atoms with Crippen LogP contribution in [0, 0.1) is 0 Å². The molecule has 0 spiro atoms. The van der Waals surface area contributed by atoms with Gasteiger partial charge in [-0.2, -0.15) is 0 Å². The third-order valence-corrected chi connectivity index (χ3v) is 6.48. The van der Waals surface area contributed by atoms with Gasteiger partial charge in [0.15, 0.2) is 0 Å². The fourth-order valence-corrected chi connectivity index (χ4v) is 4.48. The molecular formula is C16H11Br2NS2. The molecular weight excluding hydrogens is 430 g/mol. The first-order chi connectivity index (χ1) is 10.2. The summed E-state index contributed by atoms with van der Waals surface area (Å²) in [7, 11) is 0. The maximum absolute atomic E-state index is 4.72. The molecule has 0 aliphatic heterocycles. The summed E-state index contributed by atoms with van der Waals surface area (Å²) >= 11 is 10.6. The van der Waals surface area contributed by atoms with Crippen molar-refractivity contribution >= 4 is 55.0 Å². The van der Waals surface area contributed by atoms with Gasteiger partial charge >= 0.3 is 0 Å². The Hall–Kier alpha value is -0.620. The lowest BCUT2D eigenvalue weighted by molar-refractivity contribution is 1.26. The Morgan fingerprint density at radius 1 is 1.00 bits per heavy atom. The number of rotatable bonds is 4. The predicted octanol–water partition coefficient (Wildman–Crippen LogP) is 6.63. The molecule has 0 aliphatic rings. The Morgan fingerprint density at radius 3 is 2.52 bits per heavy atom. The Balaban J connectivity index is 1.71. The van der Waals surface area contributed by atoms with Crippen LogP contribution in [0.25, 0.3) is 11.3 Å². The molecule has 1 heterocycles. The largest absolute Gasteiger partial charge is 0.240 e. The highest BCUT2D eigenvalue weighted by atomic mass is 79.9. The maximum Gasteiger partial charge on any atom is 0.104 e. The van der Waals surface area contributed by atoms with Gasteiger partial charge in [-0.3, -0.25) is 0 Å². The normalized spacial score (nSPS) is 10.8. The van der Waals surface area contributed by atoms with Crippen LogP contribution in [0.3, 0.4) is 0 Å². The zero-order valence-electron chi connectivity index (χ0n) is 10.9. The highest BCUT2D eigenvalue weighted by Gasteiger charge is 2.06. The average molecular weight is 441 g/mol. The quantitative estimate of drug-likeness (QED) is 0.422. The van der Waals surface area contributed by atoms with Crippen LogP contribution in [-0.4, -0.2) is 4.98 Å². The fourth-order valence-electron chi connectivity index (χ4n) is 1.83. The van der Waals surface area contributed by atoms with Crippen molar-refractivity contribution in [3.05, 3.63) is 67.9 Å². The first-order valence-electron chi connectivity index (χ1n) is 6.30. The summed E-state index contributed by atoms with van der Waals surface area (Å²) in [6.07, 6.45) is 0. The molecule has 21 heavy (non-hydrogen) atoms. The van der Waals surface area contributed by atoms with E-state index in [1.807, 2.05) is 18.2 Å². The summed E-state index contributed by atoms with van der Waals surface area (Å²) < 4.78 is 2.23. The van der Waals surface area contributed by atoms with Crippen molar-refractivity contribution in [3.8, 4) is 11.3 Å². The van der Waals surface area contributed by atoms with Gasteiger partial charge in [0, 0.05) is 24.8 Å². The topological polar surface area (TPSA) is 12.9 Å². The van der Waals surface area contributed by atoms with Gasteiger partial charge in [0.25, 0.3) is 0 Å². The summed E-state index contributed by atoms with van der Waals surface area (Å²) in [5.74, 6) is 0.893. The van der Waals surface area contributed by atoms with E-state index in [0.29, 0.717) is 0 Å². The Labute approximate surface area is 149 Å². The van der Waals surface area contributed by atoms with E-state index < -0.39 is 0 Å². The smallest absolute Gasteiger partial charge is 0.104 e. The zero-order valence-corrected chi connectivity index (χ0v) is 15.7. The molecule has 5 heteroatoms. The number of thiazole rings is 1. The van der Waals surface area contributed by atoms with E-state index in [1.54, 1.807) is 23.1 Å². The van der Waals surface area contributed by atoms with Gasteiger partial charge in [-0.25, -0.2) is 4.98 Å². The van der Waals surface area contributed by atoms with Crippen molar-refractivity contribution < 1.29 is 0 Å². The molecule has 0 amide bonds. The van der Waals surface area contributed by atoms with E-state index in [2.05, 4.69) is 67.6 Å². The van der Waals surface area contributed by atoms with Crippen molar-refractivity contribution in [3.63, 3.8) is 0 Å². The number of aromatic nitrogens is 1. The first kappa shape index (κ1) is 15.3. The van der Waals surface area contributed by atoms with Gasteiger partial charge in [0.2, 0.25) is 0 Å². The van der Waals surface area contributed by atoms with Gasteiger partial charge in [-0.1, -0.05) is 40.2 Å². The van der Waals surface area contributed by atoms with Crippen LogP contribution in [0.2, 0.25) is 0 Å². The van der Waals surface area contributed by atoms with Gasteiger partial charge in [-0.15, -0.1) is 23.1 Å². The molecule has 1 nitrogen and oxygen atoms in total. The predicted molar refractivity (Wildman–Crippen MR) is 99.0 cm³/mol. The molecule has 3 rings (SSSR count). The Morgan fingerprint density at radius 2 is 1.76 bits per heavy atom. The third kappa shape index (κ3) is 3.97. The van der Waals surface area contributed by atoms with E-state index >= 15 is 0 Å². The molecule has 0 saturated heterocycles. The average Bonchev–Trinajstić information content (AvgIpc) is 2.96. The van der Waals surface area contributed by atoms with Gasteiger partial charge in [0.05, 0.1) is 11.4 Å². The second-order valence-electron chi connectivity index (χ2n) is 4.35. The summed E-state index contributed by atoms with van der Waals surface area (Å²) in [6.45, 7) is 0. The number of hydrogen-bond acceptors (Lipinski definition) is 3. The summed E-state index contributed by atoms with van der Waals surface area (Å²) in [6, 6.07) is 16.5. The second-order valence-corrected chi connectivity index (χ2v) is 8.08. The molecule has 0 atom stereocenters. The monoisotopic (exact) mass is 439 g/mol. The van der Waals surface area contributed by atoms with E-state index in [9.17, 15) is 0 Å². The molecule has 0 N–H and O–H groups in total. The van der Waals surface area contributed by atoms with Crippen molar-refractivity contribution in [2.75, 3.05) is 0 Å². The molecule has 0 unspecified atom stereocenters. The first-order valence-corrected chi connectivity index (χ1v) is 9.75. The van der Waals surface area contributed by atoms with Crippen LogP contribution >= 0.6 is 55.0 Å². The lowest BCUT2D eigenvalue weighted by Crippen LogP contribution is -1.82. The fraction of sp³-hybridized carbons (Fsp3) is 0.0625. The van der Waals surface area contributed by atoms with E-state index in [0.717, 1.165) is 31.0 Å². The molecule has 2 aromatic carbocycles. The second kappa shape index (κ2) is 7.09. The van der Waals surface area contributed by atoms with Crippen molar-refractivity contribution in [1.82, 2.24) is 4.98 Å². The van der Waals surface area contributed by atoms with E-state index in [1.165, 1.54) is 4.90 Å². The number of halogens is 2. The van der Waals surface area contributed by atoms with Crippen LogP contribution in [0.5, 0.6) is 0 Å². The van der Waals surface area contributed by atoms with Gasteiger partial charge in [-0.05, 0) is 40.2 Å². The SMILES string of the molecule is Brc1ccc(-c2csc(CSc3ccccc3Br)n2)cc1. The number of benzene rings is 2. The standard InChI is InChI=1S/C16H11Br2NS2/c17-12-7-5-11(6-8-12)14-9-21-16(19-14)10-20-15-4-2-1-3-13(15)18/h1-9H,10H2. The van der Waals surface area contributed by atoms with E-state index in [-0.39, 0.29) is 0 Å². The summed E-state index contributed by atoms with van der Waals surface area (Å²) in [5, 5.41) is 3.27. The Bertz CT molecular complexity index is 738. The minimum Gasteiger partial charge on any atom is -0.240 e. The molecule has 0 radical (unpaired) electrons. The zero-order chi connectivity index (χ0) is 14.7. The lowest BCUT2D eigenvalue weighted by Gasteiger charge is -2.01. The lowest BCUT2D eigenvalue weighted by atomic mass is 10.2. The number of thioether (sulfide) groups is 1. The molecule has 0 bridgehead atoms. The van der Waals surface area contributed by atoms with Crippen LogP contribution in [0.1, 0.15) is 5.01 Å². The molecule has 3 aromatic rings. The molecule has 106 valence electrons.